The van der Waals surface area contributed by atoms with E-state index in [1.165, 1.54) is 12.1 Å². The number of para-hydroxylation sites is 1. The molecule has 0 saturated heterocycles. The maximum atomic E-state index is 12.9. The molecule has 10 heteroatoms. The lowest BCUT2D eigenvalue weighted by atomic mass is 9.96. The molecule has 4 N–H and O–H groups in total. The number of anilines is 2. The molecular weight excluding hydrogens is 369 g/mol. The Bertz CT molecular complexity index is 1020. The Labute approximate surface area is 157 Å². The Balaban J connectivity index is 1.58. The third-order valence-corrected chi connectivity index (χ3v) is 4.37. The van der Waals surface area contributed by atoms with Gasteiger partial charge in [-0.3, -0.25) is 9.59 Å². The standard InChI is InChI=1S/C18H14FN5O4/c19-10-5-6-13(20-9-10)22-15(25)8-18(17(27)28)7-14-21-12-4-2-1-3-11(12)16(26)24(14)23-18/h1-7,9,21,23H,8H2,(H,27,28)(H,20,22,25). The van der Waals surface area contributed by atoms with Gasteiger partial charge in [0.05, 0.1) is 23.9 Å². The summed E-state index contributed by atoms with van der Waals surface area (Å²) in [6.07, 6.45) is 1.69. The van der Waals surface area contributed by atoms with Gasteiger partial charge >= 0.3 is 5.97 Å². The largest absolute Gasteiger partial charge is 0.480 e. The number of rotatable bonds is 4. The van der Waals surface area contributed by atoms with E-state index < -0.39 is 35.6 Å². The van der Waals surface area contributed by atoms with Crippen molar-refractivity contribution in [3.63, 3.8) is 0 Å². The molecule has 1 aromatic heterocycles. The monoisotopic (exact) mass is 383 g/mol. The number of aliphatic carboxylic acids is 1. The van der Waals surface area contributed by atoms with Crippen LogP contribution in [0.4, 0.5) is 15.9 Å². The zero-order valence-electron chi connectivity index (χ0n) is 14.3. The number of carboxylic acid groups (broad SMARTS) is 1. The summed E-state index contributed by atoms with van der Waals surface area (Å²) in [7, 11) is 0. The number of hydrazine groups is 1. The minimum absolute atomic E-state index is 0.0805. The Morgan fingerprint density at radius 3 is 2.75 bits per heavy atom. The Kier molecular flexibility index (Phi) is 4.04. The highest BCUT2D eigenvalue weighted by Gasteiger charge is 2.49. The molecule has 1 atom stereocenters. The van der Waals surface area contributed by atoms with Gasteiger partial charge in [0.1, 0.15) is 17.5 Å². The van der Waals surface area contributed by atoms with E-state index in [1.54, 1.807) is 24.3 Å². The minimum Gasteiger partial charge on any atom is -0.480 e. The predicted molar refractivity (Wildman–Crippen MR) is 95.3 cm³/mol. The summed E-state index contributed by atoms with van der Waals surface area (Å²) in [5.74, 6) is -2.71. The quantitative estimate of drug-likeness (QED) is 0.627. The molecule has 2 amide bonds. The average Bonchev–Trinajstić information content (AvgIpc) is 3.03. The molecule has 9 nitrogen and oxygen atoms in total. The van der Waals surface area contributed by atoms with E-state index >= 15 is 0 Å². The number of hydrogen-bond donors (Lipinski definition) is 4. The van der Waals surface area contributed by atoms with Gasteiger partial charge in [-0.25, -0.2) is 24.6 Å². The van der Waals surface area contributed by atoms with Crippen molar-refractivity contribution in [2.45, 2.75) is 12.0 Å². The smallest absolute Gasteiger partial charge is 0.330 e. The second kappa shape index (κ2) is 6.43. The second-order valence-electron chi connectivity index (χ2n) is 6.32. The third-order valence-electron chi connectivity index (χ3n) is 4.37. The van der Waals surface area contributed by atoms with Gasteiger partial charge in [-0.2, -0.15) is 0 Å². The van der Waals surface area contributed by atoms with Gasteiger partial charge in [0.25, 0.3) is 5.91 Å². The molecule has 2 aliphatic heterocycles. The summed E-state index contributed by atoms with van der Waals surface area (Å²) < 4.78 is 12.9. The van der Waals surface area contributed by atoms with Crippen LogP contribution in [0.5, 0.6) is 0 Å². The van der Waals surface area contributed by atoms with Crippen molar-refractivity contribution < 1.29 is 23.9 Å². The normalized spacial score (nSPS) is 20.0. The molecule has 0 aliphatic carbocycles. The first-order valence-electron chi connectivity index (χ1n) is 8.24. The number of aromatic nitrogens is 1. The van der Waals surface area contributed by atoms with Gasteiger partial charge < -0.3 is 15.7 Å². The van der Waals surface area contributed by atoms with E-state index in [0.29, 0.717) is 11.3 Å². The molecule has 4 rings (SSSR count). The first-order valence-corrected chi connectivity index (χ1v) is 8.24. The lowest BCUT2D eigenvalue weighted by Gasteiger charge is -2.30. The number of hydrogen-bond acceptors (Lipinski definition) is 6. The maximum Gasteiger partial charge on any atom is 0.330 e. The second-order valence-corrected chi connectivity index (χ2v) is 6.32. The van der Waals surface area contributed by atoms with Crippen molar-refractivity contribution in [3.05, 3.63) is 65.9 Å². The number of carbonyl (C=O) groups excluding carboxylic acids is 2. The number of nitrogens with zero attached hydrogens (tertiary/aromatic N) is 2. The van der Waals surface area contributed by atoms with E-state index in [1.807, 2.05) is 0 Å². The van der Waals surface area contributed by atoms with Gasteiger partial charge in [0, 0.05) is 0 Å². The highest BCUT2D eigenvalue weighted by molar-refractivity contribution is 6.04. The first-order chi connectivity index (χ1) is 13.4. The highest BCUT2D eigenvalue weighted by Crippen LogP contribution is 2.33. The fraction of sp³-hybridized carbons (Fsp3) is 0.111. The number of pyridine rings is 1. The molecule has 28 heavy (non-hydrogen) atoms. The zero-order valence-corrected chi connectivity index (χ0v) is 14.3. The Morgan fingerprint density at radius 2 is 2.04 bits per heavy atom. The highest BCUT2D eigenvalue weighted by atomic mass is 19.1. The molecule has 142 valence electrons. The van der Waals surface area contributed by atoms with Crippen LogP contribution in [-0.2, 0) is 9.59 Å². The van der Waals surface area contributed by atoms with Crippen LogP contribution in [0, 0.1) is 5.82 Å². The summed E-state index contributed by atoms with van der Waals surface area (Å²) >= 11 is 0. The summed E-state index contributed by atoms with van der Waals surface area (Å²) in [6.45, 7) is 0. The molecule has 2 aliphatic rings. The van der Waals surface area contributed by atoms with Crippen LogP contribution in [0.3, 0.4) is 0 Å². The van der Waals surface area contributed by atoms with Gasteiger partial charge in [-0.15, -0.1) is 0 Å². The number of carboxylic acids is 1. The molecule has 3 heterocycles. The van der Waals surface area contributed by atoms with Crippen LogP contribution in [0.1, 0.15) is 16.8 Å². The molecule has 0 radical (unpaired) electrons. The van der Waals surface area contributed by atoms with Crippen LogP contribution in [0.25, 0.3) is 0 Å². The van der Waals surface area contributed by atoms with Crippen molar-refractivity contribution in [2.75, 3.05) is 10.6 Å². The lowest BCUT2D eigenvalue weighted by Crippen LogP contribution is -2.56. The molecule has 1 unspecified atom stereocenters. The van der Waals surface area contributed by atoms with Crippen molar-refractivity contribution in [1.29, 1.82) is 0 Å². The molecular formula is C18H14FN5O4. The van der Waals surface area contributed by atoms with Crippen molar-refractivity contribution in [2.24, 2.45) is 0 Å². The topological polar surface area (TPSA) is 124 Å². The molecule has 0 bridgehead atoms. The maximum absolute atomic E-state index is 12.9. The fourth-order valence-corrected chi connectivity index (χ4v) is 3.04. The van der Waals surface area contributed by atoms with Crippen molar-refractivity contribution in [3.8, 4) is 0 Å². The van der Waals surface area contributed by atoms with Crippen molar-refractivity contribution in [1.82, 2.24) is 15.4 Å². The molecule has 0 saturated carbocycles. The van der Waals surface area contributed by atoms with Crippen LogP contribution in [0.2, 0.25) is 0 Å². The van der Waals surface area contributed by atoms with Gasteiger partial charge in [0.15, 0.2) is 5.54 Å². The van der Waals surface area contributed by atoms with E-state index in [4.69, 9.17) is 0 Å². The average molecular weight is 383 g/mol. The number of benzene rings is 1. The molecule has 2 aromatic rings. The summed E-state index contributed by atoms with van der Waals surface area (Å²) in [4.78, 5) is 40.7. The third kappa shape index (κ3) is 2.95. The molecule has 0 spiro atoms. The van der Waals surface area contributed by atoms with E-state index in [2.05, 4.69) is 21.0 Å². The van der Waals surface area contributed by atoms with E-state index in [0.717, 1.165) is 17.3 Å². The predicted octanol–water partition coefficient (Wildman–Crippen LogP) is 1.30. The van der Waals surface area contributed by atoms with Crippen LogP contribution in [0.15, 0.2) is 54.5 Å². The Morgan fingerprint density at radius 1 is 1.25 bits per heavy atom. The van der Waals surface area contributed by atoms with Crippen molar-refractivity contribution >= 4 is 29.3 Å². The fourth-order valence-electron chi connectivity index (χ4n) is 3.04. The zero-order chi connectivity index (χ0) is 19.9. The summed E-state index contributed by atoms with van der Waals surface area (Å²) in [5, 5.41) is 16.2. The van der Waals surface area contributed by atoms with Crippen LogP contribution in [-0.4, -0.2) is 38.4 Å². The van der Waals surface area contributed by atoms with Crippen LogP contribution < -0.4 is 16.1 Å². The number of amides is 2. The first kappa shape index (κ1) is 17.6. The van der Waals surface area contributed by atoms with Gasteiger partial charge in [-0.05, 0) is 30.3 Å². The summed E-state index contributed by atoms with van der Waals surface area (Å²) in [6, 6.07) is 9.11. The van der Waals surface area contributed by atoms with Crippen LogP contribution >= 0.6 is 0 Å². The molecule has 1 aromatic carbocycles. The Hall–Kier alpha value is -3.79. The number of fused-ring (bicyclic) bond motifs is 2. The molecule has 0 fully saturated rings. The number of nitrogens with one attached hydrogen (secondary N) is 3. The minimum atomic E-state index is -1.84. The number of carbonyl (C=O) groups is 3. The van der Waals surface area contributed by atoms with E-state index in [-0.39, 0.29) is 11.6 Å². The number of halogens is 1. The SMILES string of the molecule is O=C(CC1(C(=O)O)C=C2Nc3ccccc3C(=O)N2N1)Nc1ccc(F)cn1. The van der Waals surface area contributed by atoms with Gasteiger partial charge in [-0.1, -0.05) is 12.1 Å². The van der Waals surface area contributed by atoms with Gasteiger partial charge in [0.2, 0.25) is 5.91 Å². The van der Waals surface area contributed by atoms with E-state index in [9.17, 15) is 23.9 Å². The summed E-state index contributed by atoms with van der Waals surface area (Å²) in [5.41, 5.74) is 1.68. The lowest BCUT2D eigenvalue weighted by molar-refractivity contribution is -0.145.